The zero-order valence-electron chi connectivity index (χ0n) is 17.0. The summed E-state index contributed by atoms with van der Waals surface area (Å²) in [7, 11) is 0. The Morgan fingerprint density at radius 3 is 2.71 bits per heavy atom. The number of nitrogens with two attached hydrogens (primary N) is 1. The molecule has 6 nitrogen and oxygen atoms in total. The van der Waals surface area contributed by atoms with Gasteiger partial charge in [-0.15, -0.1) is 0 Å². The molecule has 31 heavy (non-hydrogen) atoms. The SMILES string of the molecule is Cc1nccn1-c1cc(F)c(COC2C(C(N)=O)CCOC2c2ccccc2)cc1F. The number of rotatable bonds is 6. The summed E-state index contributed by atoms with van der Waals surface area (Å²) in [6, 6.07) is 11.5. The lowest BCUT2D eigenvalue weighted by Gasteiger charge is -2.36. The second kappa shape index (κ2) is 8.95. The third-order valence-corrected chi connectivity index (χ3v) is 5.55. The van der Waals surface area contributed by atoms with Crippen LogP contribution in [0.2, 0.25) is 0 Å². The van der Waals surface area contributed by atoms with E-state index >= 15 is 0 Å². The van der Waals surface area contributed by atoms with Crippen LogP contribution in [-0.2, 0) is 20.9 Å². The highest BCUT2D eigenvalue weighted by Gasteiger charge is 2.39. The minimum Gasteiger partial charge on any atom is -0.371 e. The Morgan fingerprint density at radius 2 is 2.03 bits per heavy atom. The molecular weight excluding hydrogens is 404 g/mol. The van der Waals surface area contributed by atoms with Crippen LogP contribution in [0.25, 0.3) is 5.69 Å². The molecule has 1 aromatic heterocycles. The normalized spacial score (nSPS) is 21.2. The van der Waals surface area contributed by atoms with Crippen LogP contribution in [0.5, 0.6) is 0 Å². The fourth-order valence-electron chi connectivity index (χ4n) is 3.92. The average Bonchev–Trinajstić information content (AvgIpc) is 3.20. The molecule has 162 valence electrons. The third kappa shape index (κ3) is 4.35. The molecule has 0 spiro atoms. The molecule has 3 aromatic rings. The molecule has 0 radical (unpaired) electrons. The Balaban J connectivity index is 1.59. The van der Waals surface area contributed by atoms with E-state index in [2.05, 4.69) is 4.98 Å². The van der Waals surface area contributed by atoms with Gasteiger partial charge in [-0.25, -0.2) is 13.8 Å². The van der Waals surface area contributed by atoms with Crippen LogP contribution in [0.3, 0.4) is 0 Å². The van der Waals surface area contributed by atoms with Crippen LogP contribution < -0.4 is 5.73 Å². The second-order valence-corrected chi connectivity index (χ2v) is 7.51. The minimum absolute atomic E-state index is 0.0413. The maximum atomic E-state index is 14.8. The summed E-state index contributed by atoms with van der Waals surface area (Å²) in [6.45, 7) is 1.83. The number of nitrogens with zero attached hydrogens (tertiary/aromatic N) is 2. The topological polar surface area (TPSA) is 79.4 Å². The summed E-state index contributed by atoms with van der Waals surface area (Å²) < 4.78 is 42.8. The van der Waals surface area contributed by atoms with Gasteiger partial charge in [-0.2, -0.15) is 0 Å². The molecule has 2 N–H and O–H groups in total. The van der Waals surface area contributed by atoms with Crippen LogP contribution in [-0.4, -0.2) is 28.2 Å². The standard InChI is InChI=1S/C23H23F2N3O3/c1-14-27-8-9-28(14)20-12-18(24)16(11-19(20)25)13-31-22-17(23(26)29)7-10-30-21(22)15-5-3-2-4-6-15/h2-6,8-9,11-12,17,21-22H,7,10,13H2,1H3,(H2,26,29). The molecule has 1 saturated heterocycles. The molecule has 1 fully saturated rings. The summed E-state index contributed by atoms with van der Waals surface area (Å²) in [6.07, 6.45) is 2.23. The molecule has 1 aliphatic heterocycles. The molecule has 0 bridgehead atoms. The highest BCUT2D eigenvalue weighted by molar-refractivity contribution is 5.77. The number of benzene rings is 2. The van der Waals surface area contributed by atoms with Crippen LogP contribution in [0, 0.1) is 24.5 Å². The maximum absolute atomic E-state index is 14.8. The minimum atomic E-state index is -0.716. The van der Waals surface area contributed by atoms with Crippen molar-refractivity contribution in [1.29, 1.82) is 0 Å². The zero-order valence-corrected chi connectivity index (χ0v) is 17.0. The van der Waals surface area contributed by atoms with Gasteiger partial charge >= 0.3 is 0 Å². The highest BCUT2D eigenvalue weighted by Crippen LogP contribution is 2.35. The van der Waals surface area contributed by atoms with Crippen molar-refractivity contribution in [2.75, 3.05) is 6.61 Å². The third-order valence-electron chi connectivity index (χ3n) is 5.55. The van der Waals surface area contributed by atoms with Crippen molar-refractivity contribution in [1.82, 2.24) is 9.55 Å². The van der Waals surface area contributed by atoms with Gasteiger partial charge in [-0.05, 0) is 25.0 Å². The lowest BCUT2D eigenvalue weighted by Crippen LogP contribution is -2.44. The average molecular weight is 427 g/mol. The Labute approximate surface area is 178 Å². The molecule has 0 aliphatic carbocycles. The number of primary amides is 1. The molecule has 3 atom stereocenters. The zero-order chi connectivity index (χ0) is 22.0. The van der Waals surface area contributed by atoms with Crippen molar-refractivity contribution < 1.29 is 23.0 Å². The van der Waals surface area contributed by atoms with Crippen LogP contribution in [0.15, 0.2) is 54.9 Å². The predicted octanol–water partition coefficient (Wildman–Crippen LogP) is 3.61. The maximum Gasteiger partial charge on any atom is 0.223 e. The number of hydrogen-bond donors (Lipinski definition) is 1. The van der Waals surface area contributed by atoms with Gasteiger partial charge in [0.05, 0.1) is 24.3 Å². The molecule has 1 aliphatic rings. The number of aromatic nitrogens is 2. The highest BCUT2D eigenvalue weighted by atomic mass is 19.1. The van der Waals surface area contributed by atoms with Gasteiger partial charge in [0.2, 0.25) is 5.91 Å². The first kappa shape index (κ1) is 21.1. The molecule has 2 aromatic carbocycles. The van der Waals surface area contributed by atoms with Gasteiger partial charge in [0.1, 0.15) is 23.6 Å². The van der Waals surface area contributed by atoms with Crippen molar-refractivity contribution >= 4 is 5.91 Å². The van der Waals surface area contributed by atoms with E-state index in [9.17, 15) is 13.6 Å². The lowest BCUT2D eigenvalue weighted by molar-refractivity contribution is -0.158. The van der Waals surface area contributed by atoms with Gasteiger partial charge in [-0.1, -0.05) is 30.3 Å². The van der Waals surface area contributed by atoms with Crippen molar-refractivity contribution in [3.05, 3.63) is 83.4 Å². The largest absolute Gasteiger partial charge is 0.371 e. The van der Waals surface area contributed by atoms with E-state index < -0.39 is 35.7 Å². The number of imidazole rings is 1. The van der Waals surface area contributed by atoms with Crippen molar-refractivity contribution in [2.45, 2.75) is 32.2 Å². The number of halogens is 2. The van der Waals surface area contributed by atoms with Gasteiger partial charge in [0, 0.05) is 30.6 Å². The van der Waals surface area contributed by atoms with Gasteiger partial charge in [0.15, 0.2) is 0 Å². The summed E-state index contributed by atoms with van der Waals surface area (Å²) in [4.78, 5) is 16.1. The Hall–Kier alpha value is -3.10. The van der Waals surface area contributed by atoms with E-state index in [1.54, 1.807) is 13.1 Å². The van der Waals surface area contributed by atoms with Crippen LogP contribution in [0.4, 0.5) is 8.78 Å². The molecular formula is C23H23F2N3O3. The fourth-order valence-corrected chi connectivity index (χ4v) is 3.92. The van der Waals surface area contributed by atoms with Crippen LogP contribution in [0.1, 0.15) is 29.5 Å². The molecule has 3 unspecified atom stereocenters. The van der Waals surface area contributed by atoms with Crippen molar-refractivity contribution in [3.8, 4) is 5.69 Å². The van der Waals surface area contributed by atoms with E-state index in [1.165, 1.54) is 10.8 Å². The van der Waals surface area contributed by atoms with Gasteiger partial charge in [0.25, 0.3) is 0 Å². The molecule has 4 rings (SSSR count). The van der Waals surface area contributed by atoms with Crippen molar-refractivity contribution in [3.63, 3.8) is 0 Å². The second-order valence-electron chi connectivity index (χ2n) is 7.51. The van der Waals surface area contributed by atoms with Gasteiger partial charge in [-0.3, -0.25) is 4.79 Å². The molecule has 0 saturated carbocycles. The molecule has 2 heterocycles. The summed E-state index contributed by atoms with van der Waals surface area (Å²) in [5.41, 5.74) is 6.53. The van der Waals surface area contributed by atoms with Gasteiger partial charge < -0.3 is 19.8 Å². The summed E-state index contributed by atoms with van der Waals surface area (Å²) in [5, 5.41) is 0. The Morgan fingerprint density at radius 1 is 1.26 bits per heavy atom. The predicted molar refractivity (Wildman–Crippen MR) is 109 cm³/mol. The monoisotopic (exact) mass is 427 g/mol. The van der Waals surface area contributed by atoms with Crippen molar-refractivity contribution in [2.24, 2.45) is 11.7 Å². The quantitative estimate of drug-likeness (QED) is 0.652. The fraction of sp³-hybridized carbons (Fsp3) is 0.304. The number of aryl methyl sites for hydroxylation is 1. The first-order valence-electron chi connectivity index (χ1n) is 10.0. The molecule has 1 amide bonds. The van der Waals surface area contributed by atoms with Crippen LogP contribution >= 0.6 is 0 Å². The van der Waals surface area contributed by atoms with E-state index in [0.717, 1.165) is 17.7 Å². The molecule has 8 heteroatoms. The number of hydrogen-bond acceptors (Lipinski definition) is 4. The summed E-state index contributed by atoms with van der Waals surface area (Å²) in [5.74, 6) is -1.79. The smallest absolute Gasteiger partial charge is 0.223 e. The Kier molecular flexibility index (Phi) is 6.11. The number of amides is 1. The number of carbonyl (C=O) groups is 1. The first-order chi connectivity index (χ1) is 15.0. The van der Waals surface area contributed by atoms with E-state index in [4.69, 9.17) is 15.2 Å². The number of carbonyl (C=O) groups excluding carboxylic acids is 1. The number of ether oxygens (including phenoxy) is 2. The van der Waals surface area contributed by atoms with E-state index in [0.29, 0.717) is 18.9 Å². The Bertz CT molecular complexity index is 1070. The summed E-state index contributed by atoms with van der Waals surface area (Å²) >= 11 is 0. The van der Waals surface area contributed by atoms with E-state index in [-0.39, 0.29) is 17.9 Å². The first-order valence-corrected chi connectivity index (χ1v) is 10.0. The lowest BCUT2D eigenvalue weighted by atomic mass is 9.88. The van der Waals surface area contributed by atoms with E-state index in [1.807, 2.05) is 30.3 Å².